The zero-order valence-electron chi connectivity index (χ0n) is 17.5. The molecule has 4 aromatic rings. The highest BCUT2D eigenvalue weighted by Crippen LogP contribution is 2.24. The van der Waals surface area contributed by atoms with Gasteiger partial charge in [0.05, 0.1) is 12.8 Å². The number of rotatable bonds is 5. The fourth-order valence-electron chi connectivity index (χ4n) is 3.86. The molecule has 1 aliphatic heterocycles. The van der Waals surface area contributed by atoms with E-state index in [1.165, 1.54) is 0 Å². The van der Waals surface area contributed by atoms with Crippen LogP contribution in [0, 0.1) is 0 Å². The number of aliphatic hydroxyl groups is 1. The lowest BCUT2D eigenvalue weighted by atomic mass is 10.1. The van der Waals surface area contributed by atoms with Crippen molar-refractivity contribution in [3.63, 3.8) is 0 Å². The number of anilines is 2. The van der Waals surface area contributed by atoms with E-state index in [4.69, 9.17) is 0 Å². The largest absolute Gasteiger partial charge is 0.392 e. The molecular formula is C24H24N6O2. The number of nitrogens with zero attached hydrogens (tertiary/aromatic N) is 4. The smallest absolute Gasteiger partial charge is 0.274 e. The standard InChI is InChI=1S/C24H24N6O2/c31-16-17-1-3-18(4-2-17)21-15-26-30-12-9-22(28-23(21)30)24(32)27-19-5-7-20(8-6-19)29-13-10-25-11-14-29/h1-9,12,15,25,31H,10-11,13-14,16H2,(H,27,32). The molecule has 32 heavy (non-hydrogen) atoms. The topological polar surface area (TPSA) is 94.8 Å². The van der Waals surface area contributed by atoms with Crippen LogP contribution in [0.3, 0.4) is 0 Å². The number of hydrogen-bond donors (Lipinski definition) is 3. The van der Waals surface area contributed by atoms with Crippen molar-refractivity contribution in [1.29, 1.82) is 0 Å². The van der Waals surface area contributed by atoms with Gasteiger partial charge in [0.2, 0.25) is 0 Å². The number of benzene rings is 2. The summed E-state index contributed by atoms with van der Waals surface area (Å²) in [5.41, 5.74) is 5.38. The van der Waals surface area contributed by atoms with Gasteiger partial charge in [-0.2, -0.15) is 5.10 Å². The fraction of sp³-hybridized carbons (Fsp3) is 0.208. The third-order valence-corrected chi connectivity index (χ3v) is 5.66. The minimum absolute atomic E-state index is 0.00612. The van der Waals surface area contributed by atoms with E-state index in [2.05, 4.69) is 25.6 Å². The first-order chi connectivity index (χ1) is 15.7. The highest BCUT2D eigenvalue weighted by molar-refractivity contribution is 6.03. The minimum atomic E-state index is -0.273. The van der Waals surface area contributed by atoms with Gasteiger partial charge in [-0.1, -0.05) is 24.3 Å². The Morgan fingerprint density at radius 2 is 1.78 bits per heavy atom. The summed E-state index contributed by atoms with van der Waals surface area (Å²) < 4.78 is 1.65. The third-order valence-electron chi connectivity index (χ3n) is 5.66. The molecule has 8 heteroatoms. The molecule has 1 amide bonds. The maximum absolute atomic E-state index is 12.8. The van der Waals surface area contributed by atoms with E-state index in [9.17, 15) is 9.90 Å². The van der Waals surface area contributed by atoms with Crippen LogP contribution < -0.4 is 15.5 Å². The Labute approximate surface area is 185 Å². The van der Waals surface area contributed by atoms with Crippen LogP contribution in [0.2, 0.25) is 0 Å². The van der Waals surface area contributed by atoms with Gasteiger partial charge in [0.15, 0.2) is 5.65 Å². The van der Waals surface area contributed by atoms with E-state index in [1.54, 1.807) is 23.0 Å². The second-order valence-corrected chi connectivity index (χ2v) is 7.73. The first kappa shape index (κ1) is 20.2. The molecule has 2 aromatic heterocycles. The van der Waals surface area contributed by atoms with Crippen molar-refractivity contribution >= 4 is 22.9 Å². The summed E-state index contributed by atoms with van der Waals surface area (Å²) in [5.74, 6) is -0.273. The molecule has 3 heterocycles. The Bertz CT molecular complexity index is 1230. The summed E-state index contributed by atoms with van der Waals surface area (Å²) >= 11 is 0. The Hall–Kier alpha value is -3.75. The number of amides is 1. The summed E-state index contributed by atoms with van der Waals surface area (Å²) in [6.45, 7) is 3.91. The van der Waals surface area contributed by atoms with E-state index >= 15 is 0 Å². The quantitative estimate of drug-likeness (QED) is 0.452. The van der Waals surface area contributed by atoms with Crippen molar-refractivity contribution in [2.75, 3.05) is 36.4 Å². The number of carbonyl (C=O) groups excluding carboxylic acids is 1. The van der Waals surface area contributed by atoms with Crippen LogP contribution in [0.4, 0.5) is 11.4 Å². The lowest BCUT2D eigenvalue weighted by Gasteiger charge is -2.29. The van der Waals surface area contributed by atoms with Crippen LogP contribution in [0.25, 0.3) is 16.8 Å². The molecule has 1 aliphatic rings. The molecule has 1 saturated heterocycles. The molecule has 0 atom stereocenters. The number of carbonyl (C=O) groups is 1. The molecule has 0 bridgehead atoms. The molecule has 0 saturated carbocycles. The van der Waals surface area contributed by atoms with Gasteiger partial charge >= 0.3 is 0 Å². The van der Waals surface area contributed by atoms with Crippen molar-refractivity contribution in [3.05, 3.63) is 78.2 Å². The van der Waals surface area contributed by atoms with Crippen LogP contribution in [-0.2, 0) is 6.61 Å². The van der Waals surface area contributed by atoms with Crippen molar-refractivity contribution in [2.24, 2.45) is 0 Å². The number of fused-ring (bicyclic) bond motifs is 1. The zero-order valence-corrected chi connectivity index (χ0v) is 17.5. The van der Waals surface area contributed by atoms with Crippen molar-refractivity contribution in [3.8, 4) is 11.1 Å². The predicted molar refractivity (Wildman–Crippen MR) is 124 cm³/mol. The number of aliphatic hydroxyl groups excluding tert-OH is 1. The molecule has 5 rings (SSSR count). The third kappa shape index (κ3) is 4.05. The Morgan fingerprint density at radius 1 is 1.03 bits per heavy atom. The van der Waals surface area contributed by atoms with Gasteiger partial charge in [0.25, 0.3) is 5.91 Å². The van der Waals surface area contributed by atoms with Crippen LogP contribution in [0.1, 0.15) is 16.1 Å². The zero-order chi connectivity index (χ0) is 21.9. The summed E-state index contributed by atoms with van der Waals surface area (Å²) in [6.07, 6.45) is 3.46. The first-order valence-electron chi connectivity index (χ1n) is 10.6. The molecule has 0 unspecified atom stereocenters. The molecule has 0 aliphatic carbocycles. The summed E-state index contributed by atoms with van der Waals surface area (Å²) in [7, 11) is 0. The SMILES string of the molecule is O=C(Nc1ccc(N2CCNCC2)cc1)c1ccn2ncc(-c3ccc(CO)cc3)c2n1. The van der Waals surface area contributed by atoms with Gasteiger partial charge in [-0.05, 0) is 41.5 Å². The highest BCUT2D eigenvalue weighted by Gasteiger charge is 2.14. The molecule has 0 radical (unpaired) electrons. The van der Waals surface area contributed by atoms with E-state index in [1.807, 2.05) is 48.5 Å². The highest BCUT2D eigenvalue weighted by atomic mass is 16.3. The van der Waals surface area contributed by atoms with E-state index in [0.29, 0.717) is 11.3 Å². The Morgan fingerprint density at radius 3 is 2.50 bits per heavy atom. The van der Waals surface area contributed by atoms with Crippen molar-refractivity contribution in [1.82, 2.24) is 19.9 Å². The molecule has 1 fully saturated rings. The molecule has 2 aromatic carbocycles. The van der Waals surface area contributed by atoms with Crippen LogP contribution >= 0.6 is 0 Å². The first-order valence-corrected chi connectivity index (χ1v) is 10.6. The Kier molecular flexibility index (Phi) is 5.53. The Balaban J connectivity index is 1.35. The van der Waals surface area contributed by atoms with E-state index in [0.717, 1.165) is 54.2 Å². The number of piperazine rings is 1. The van der Waals surface area contributed by atoms with Crippen molar-refractivity contribution in [2.45, 2.75) is 6.61 Å². The van der Waals surface area contributed by atoms with Crippen molar-refractivity contribution < 1.29 is 9.90 Å². The minimum Gasteiger partial charge on any atom is -0.392 e. The normalized spacial score (nSPS) is 14.0. The van der Waals surface area contributed by atoms with Gasteiger partial charge in [0.1, 0.15) is 5.69 Å². The van der Waals surface area contributed by atoms with Gasteiger partial charge in [0, 0.05) is 49.3 Å². The maximum Gasteiger partial charge on any atom is 0.274 e. The molecule has 8 nitrogen and oxygen atoms in total. The monoisotopic (exact) mass is 428 g/mol. The fourth-order valence-corrected chi connectivity index (χ4v) is 3.86. The van der Waals surface area contributed by atoms with Gasteiger partial charge in [-0.15, -0.1) is 0 Å². The number of nitrogens with one attached hydrogen (secondary N) is 2. The summed E-state index contributed by atoms with van der Waals surface area (Å²) in [5, 5.41) is 19.9. The lowest BCUT2D eigenvalue weighted by molar-refractivity contribution is 0.102. The lowest BCUT2D eigenvalue weighted by Crippen LogP contribution is -2.43. The van der Waals surface area contributed by atoms with Crippen LogP contribution in [0.15, 0.2) is 67.0 Å². The molecule has 162 valence electrons. The van der Waals surface area contributed by atoms with Gasteiger partial charge in [-0.25, -0.2) is 9.50 Å². The van der Waals surface area contributed by atoms with Gasteiger partial charge in [-0.3, -0.25) is 4.79 Å². The van der Waals surface area contributed by atoms with Crippen LogP contribution in [-0.4, -0.2) is 51.8 Å². The average Bonchev–Trinajstić information content (AvgIpc) is 3.28. The second kappa shape index (κ2) is 8.78. The molecule has 3 N–H and O–H groups in total. The van der Waals surface area contributed by atoms with E-state index < -0.39 is 0 Å². The summed E-state index contributed by atoms with van der Waals surface area (Å²) in [6, 6.07) is 17.1. The predicted octanol–water partition coefficient (Wildman–Crippen LogP) is 2.55. The maximum atomic E-state index is 12.8. The summed E-state index contributed by atoms with van der Waals surface area (Å²) in [4.78, 5) is 19.7. The van der Waals surface area contributed by atoms with Crippen LogP contribution in [0.5, 0.6) is 0 Å². The molecular weight excluding hydrogens is 404 g/mol. The number of hydrogen-bond acceptors (Lipinski definition) is 6. The number of aromatic nitrogens is 3. The van der Waals surface area contributed by atoms with E-state index in [-0.39, 0.29) is 12.5 Å². The second-order valence-electron chi connectivity index (χ2n) is 7.73. The van der Waals surface area contributed by atoms with Gasteiger partial charge < -0.3 is 20.6 Å². The average molecular weight is 428 g/mol. The molecule has 0 spiro atoms.